The summed E-state index contributed by atoms with van der Waals surface area (Å²) in [7, 11) is 0. The molecule has 0 saturated heterocycles. The number of nitrogens with one attached hydrogen (secondary N) is 1. The van der Waals surface area contributed by atoms with Gasteiger partial charge in [-0.3, -0.25) is 4.79 Å². The van der Waals surface area contributed by atoms with Crippen molar-refractivity contribution in [1.29, 1.82) is 0 Å². The molecule has 0 atom stereocenters. The summed E-state index contributed by atoms with van der Waals surface area (Å²) in [5, 5.41) is 3.07. The molecule has 2 rings (SSSR count). The average Bonchev–Trinajstić information content (AvgIpc) is 2.56. The van der Waals surface area contributed by atoms with Gasteiger partial charge >= 0.3 is 6.18 Å². The first-order valence-electron chi connectivity index (χ1n) is 7.11. The SMILES string of the molecule is O=C(COc1cccc(Cl)c1)NCc1ccnc(OCC(F)(F)F)c1. The standard InChI is InChI=1S/C16H14ClF3N2O3/c17-12-2-1-3-13(7-12)24-9-14(23)22-8-11-4-5-21-15(6-11)25-10-16(18,19)20/h1-7H,8-10H2,(H,22,23). The number of halogens is 4. The van der Waals surface area contributed by atoms with Crippen LogP contribution in [0.25, 0.3) is 0 Å². The zero-order valence-corrected chi connectivity index (χ0v) is 13.6. The van der Waals surface area contributed by atoms with Crippen LogP contribution in [0.1, 0.15) is 5.56 Å². The number of carbonyl (C=O) groups excluding carboxylic acids is 1. The number of aromatic nitrogens is 1. The number of rotatable bonds is 7. The van der Waals surface area contributed by atoms with Gasteiger partial charge in [0, 0.05) is 23.8 Å². The molecule has 25 heavy (non-hydrogen) atoms. The van der Waals surface area contributed by atoms with Crippen LogP contribution in [0.4, 0.5) is 13.2 Å². The Hall–Kier alpha value is -2.48. The van der Waals surface area contributed by atoms with Crippen LogP contribution < -0.4 is 14.8 Å². The van der Waals surface area contributed by atoms with Crippen LogP contribution in [-0.4, -0.2) is 30.3 Å². The summed E-state index contributed by atoms with van der Waals surface area (Å²) in [4.78, 5) is 15.4. The van der Waals surface area contributed by atoms with Gasteiger partial charge in [0.15, 0.2) is 13.2 Å². The summed E-state index contributed by atoms with van der Waals surface area (Å²) in [6.45, 7) is -1.55. The fourth-order valence-corrected chi connectivity index (χ4v) is 1.93. The summed E-state index contributed by atoms with van der Waals surface area (Å²) in [5.74, 6) is -0.108. The van der Waals surface area contributed by atoms with E-state index in [1.54, 1.807) is 30.3 Å². The molecule has 1 N–H and O–H groups in total. The molecule has 0 aliphatic heterocycles. The lowest BCUT2D eigenvalue weighted by Gasteiger charge is -2.10. The fraction of sp³-hybridized carbons (Fsp3) is 0.250. The fourth-order valence-electron chi connectivity index (χ4n) is 1.75. The predicted molar refractivity (Wildman–Crippen MR) is 84.6 cm³/mol. The second-order valence-corrected chi connectivity index (χ2v) is 5.37. The van der Waals surface area contributed by atoms with E-state index in [9.17, 15) is 18.0 Å². The van der Waals surface area contributed by atoms with Crippen molar-refractivity contribution in [3.8, 4) is 11.6 Å². The van der Waals surface area contributed by atoms with Crippen molar-refractivity contribution in [3.63, 3.8) is 0 Å². The molecule has 0 aliphatic carbocycles. The van der Waals surface area contributed by atoms with Gasteiger partial charge in [0.2, 0.25) is 5.88 Å². The average molecular weight is 375 g/mol. The quantitative estimate of drug-likeness (QED) is 0.807. The Morgan fingerprint density at radius 2 is 2.00 bits per heavy atom. The van der Waals surface area contributed by atoms with Crippen molar-refractivity contribution in [2.75, 3.05) is 13.2 Å². The lowest BCUT2D eigenvalue weighted by atomic mass is 10.2. The lowest BCUT2D eigenvalue weighted by molar-refractivity contribution is -0.154. The molecule has 1 amide bonds. The van der Waals surface area contributed by atoms with Gasteiger partial charge in [-0.1, -0.05) is 17.7 Å². The molecule has 0 fully saturated rings. The van der Waals surface area contributed by atoms with Crippen LogP contribution in [0.5, 0.6) is 11.6 Å². The van der Waals surface area contributed by atoms with Gasteiger partial charge in [0.25, 0.3) is 5.91 Å². The molecule has 0 bridgehead atoms. The minimum Gasteiger partial charge on any atom is -0.484 e. The largest absolute Gasteiger partial charge is 0.484 e. The summed E-state index contributed by atoms with van der Waals surface area (Å²) in [6, 6.07) is 9.47. The number of hydrogen-bond donors (Lipinski definition) is 1. The van der Waals surface area contributed by atoms with Crippen molar-refractivity contribution >= 4 is 17.5 Å². The third-order valence-corrected chi connectivity index (χ3v) is 3.07. The van der Waals surface area contributed by atoms with E-state index in [1.807, 2.05) is 0 Å². The molecule has 0 saturated carbocycles. The zero-order chi connectivity index (χ0) is 18.3. The maximum Gasteiger partial charge on any atom is 0.422 e. The first kappa shape index (κ1) is 18.9. The Bertz CT molecular complexity index is 726. The van der Waals surface area contributed by atoms with E-state index in [2.05, 4.69) is 15.0 Å². The highest BCUT2D eigenvalue weighted by Crippen LogP contribution is 2.18. The third-order valence-electron chi connectivity index (χ3n) is 2.84. The molecule has 0 spiro atoms. The van der Waals surface area contributed by atoms with Crippen molar-refractivity contribution in [1.82, 2.24) is 10.3 Å². The van der Waals surface area contributed by atoms with E-state index in [0.29, 0.717) is 16.3 Å². The normalized spacial score (nSPS) is 11.0. The van der Waals surface area contributed by atoms with Crippen LogP contribution in [0.3, 0.4) is 0 Å². The summed E-state index contributed by atoms with van der Waals surface area (Å²) in [6.07, 6.45) is -3.14. The van der Waals surface area contributed by atoms with Gasteiger partial charge in [-0.2, -0.15) is 13.2 Å². The number of ether oxygens (including phenoxy) is 2. The topological polar surface area (TPSA) is 60.5 Å². The van der Waals surface area contributed by atoms with E-state index < -0.39 is 18.7 Å². The van der Waals surface area contributed by atoms with Crippen molar-refractivity contribution in [3.05, 3.63) is 53.2 Å². The van der Waals surface area contributed by atoms with Crippen LogP contribution >= 0.6 is 11.6 Å². The van der Waals surface area contributed by atoms with Crippen molar-refractivity contribution in [2.24, 2.45) is 0 Å². The summed E-state index contributed by atoms with van der Waals surface area (Å²) >= 11 is 5.80. The number of alkyl halides is 3. The summed E-state index contributed by atoms with van der Waals surface area (Å²) < 4.78 is 46.2. The second-order valence-electron chi connectivity index (χ2n) is 4.93. The molecule has 134 valence electrons. The van der Waals surface area contributed by atoms with Crippen LogP contribution in [-0.2, 0) is 11.3 Å². The maximum absolute atomic E-state index is 12.1. The minimum atomic E-state index is -4.44. The van der Waals surface area contributed by atoms with Gasteiger partial charge in [0.1, 0.15) is 5.75 Å². The number of amides is 1. The smallest absolute Gasteiger partial charge is 0.422 e. The van der Waals surface area contributed by atoms with Crippen molar-refractivity contribution in [2.45, 2.75) is 12.7 Å². The van der Waals surface area contributed by atoms with E-state index >= 15 is 0 Å². The van der Waals surface area contributed by atoms with E-state index in [-0.39, 0.29) is 19.0 Å². The molecular weight excluding hydrogens is 361 g/mol. The van der Waals surface area contributed by atoms with Gasteiger partial charge in [-0.05, 0) is 29.8 Å². The molecule has 5 nitrogen and oxygen atoms in total. The van der Waals surface area contributed by atoms with Gasteiger partial charge < -0.3 is 14.8 Å². The Morgan fingerprint density at radius 3 is 2.72 bits per heavy atom. The molecule has 0 unspecified atom stereocenters. The Kier molecular flexibility index (Phi) is 6.46. The number of benzene rings is 1. The summed E-state index contributed by atoms with van der Waals surface area (Å²) in [5.41, 5.74) is 0.545. The minimum absolute atomic E-state index is 0.0998. The monoisotopic (exact) mass is 374 g/mol. The maximum atomic E-state index is 12.1. The van der Waals surface area contributed by atoms with E-state index in [1.165, 1.54) is 12.3 Å². The number of carbonyl (C=O) groups is 1. The second kappa shape index (κ2) is 8.57. The van der Waals surface area contributed by atoms with E-state index in [0.717, 1.165) is 0 Å². The first-order valence-corrected chi connectivity index (χ1v) is 7.49. The van der Waals surface area contributed by atoms with Crippen LogP contribution in [0.2, 0.25) is 5.02 Å². The first-order chi connectivity index (χ1) is 11.8. The van der Waals surface area contributed by atoms with Gasteiger partial charge in [0.05, 0.1) is 0 Å². The van der Waals surface area contributed by atoms with Crippen LogP contribution in [0.15, 0.2) is 42.6 Å². The highest BCUT2D eigenvalue weighted by atomic mass is 35.5. The van der Waals surface area contributed by atoms with Crippen LogP contribution in [0, 0.1) is 0 Å². The van der Waals surface area contributed by atoms with E-state index in [4.69, 9.17) is 16.3 Å². The Balaban J connectivity index is 1.79. The highest BCUT2D eigenvalue weighted by molar-refractivity contribution is 6.30. The van der Waals surface area contributed by atoms with Crippen molar-refractivity contribution < 1.29 is 27.4 Å². The van der Waals surface area contributed by atoms with Gasteiger partial charge in [-0.25, -0.2) is 4.98 Å². The number of nitrogens with zero attached hydrogens (tertiary/aromatic N) is 1. The number of hydrogen-bond acceptors (Lipinski definition) is 4. The lowest BCUT2D eigenvalue weighted by Crippen LogP contribution is -2.28. The Labute approximate surface area is 146 Å². The number of pyridine rings is 1. The molecule has 0 radical (unpaired) electrons. The molecule has 9 heteroatoms. The molecule has 0 aliphatic rings. The third kappa shape index (κ3) is 7.30. The Morgan fingerprint density at radius 1 is 1.20 bits per heavy atom. The molecular formula is C16H14ClF3N2O3. The zero-order valence-electron chi connectivity index (χ0n) is 12.8. The molecule has 1 aromatic heterocycles. The molecule has 2 aromatic rings. The predicted octanol–water partition coefficient (Wildman–Crippen LogP) is 3.37. The molecule has 1 heterocycles. The highest BCUT2D eigenvalue weighted by Gasteiger charge is 2.28. The molecule has 1 aromatic carbocycles. The van der Waals surface area contributed by atoms with Gasteiger partial charge in [-0.15, -0.1) is 0 Å².